The molecule has 0 spiro atoms. The topological polar surface area (TPSA) is 80.2 Å². The number of aromatic nitrogens is 1. The lowest BCUT2D eigenvalue weighted by Gasteiger charge is -2.06. The van der Waals surface area contributed by atoms with Gasteiger partial charge in [-0.2, -0.15) is 0 Å². The second kappa shape index (κ2) is 7.67. The highest BCUT2D eigenvalue weighted by atomic mass is 32.2. The molecule has 1 aromatic carbocycles. The molecule has 0 fully saturated rings. The first-order valence-electron chi connectivity index (χ1n) is 7.00. The lowest BCUT2D eigenvalue weighted by atomic mass is 10.4. The molecule has 0 aliphatic carbocycles. The van der Waals surface area contributed by atoms with Gasteiger partial charge in [-0.1, -0.05) is 18.2 Å². The summed E-state index contributed by atoms with van der Waals surface area (Å²) in [7, 11) is -0.572. The summed E-state index contributed by atoms with van der Waals surface area (Å²) in [6.45, 7) is 0.498. The number of benzene rings is 1. The van der Waals surface area contributed by atoms with Crippen LogP contribution in [-0.2, 0) is 17.1 Å². The van der Waals surface area contributed by atoms with E-state index in [4.69, 9.17) is 0 Å². The normalized spacial score (nSPS) is 11.4. The van der Waals surface area contributed by atoms with E-state index in [9.17, 15) is 13.2 Å². The van der Waals surface area contributed by atoms with E-state index in [1.165, 1.54) is 23.9 Å². The standard InChI is InChI=1S/C15H19N3O3S2/c1-16-23(20,21)13-10-14(18(2)11-13)15(19)17-8-9-22-12-6-4-3-5-7-12/h3-7,10-11,16H,8-9H2,1-2H3,(H,17,19). The van der Waals surface area contributed by atoms with Crippen molar-refractivity contribution in [1.29, 1.82) is 0 Å². The number of nitrogens with zero attached hydrogens (tertiary/aromatic N) is 1. The van der Waals surface area contributed by atoms with Crippen molar-refractivity contribution in [2.24, 2.45) is 7.05 Å². The Kier molecular flexibility index (Phi) is 5.86. The van der Waals surface area contributed by atoms with Crippen LogP contribution in [0.2, 0.25) is 0 Å². The van der Waals surface area contributed by atoms with Gasteiger partial charge in [0.25, 0.3) is 5.91 Å². The molecule has 1 aromatic heterocycles. The van der Waals surface area contributed by atoms with Crippen molar-refractivity contribution in [2.45, 2.75) is 9.79 Å². The maximum Gasteiger partial charge on any atom is 0.267 e. The second-order valence-corrected chi connectivity index (χ2v) is 7.85. The van der Waals surface area contributed by atoms with E-state index < -0.39 is 10.0 Å². The zero-order valence-corrected chi connectivity index (χ0v) is 14.6. The van der Waals surface area contributed by atoms with E-state index in [0.29, 0.717) is 12.2 Å². The molecule has 0 radical (unpaired) electrons. The predicted molar refractivity (Wildman–Crippen MR) is 91.2 cm³/mol. The van der Waals surface area contributed by atoms with E-state index in [2.05, 4.69) is 10.0 Å². The van der Waals surface area contributed by atoms with E-state index in [1.54, 1.807) is 18.8 Å². The first kappa shape index (κ1) is 17.6. The third-order valence-electron chi connectivity index (χ3n) is 3.19. The molecule has 0 unspecified atom stereocenters. The molecular weight excluding hydrogens is 334 g/mol. The van der Waals surface area contributed by atoms with Crippen molar-refractivity contribution in [3.63, 3.8) is 0 Å². The molecule has 1 heterocycles. The summed E-state index contributed by atoms with van der Waals surface area (Å²) in [4.78, 5) is 13.4. The summed E-state index contributed by atoms with van der Waals surface area (Å²) in [5.74, 6) is 0.445. The minimum atomic E-state index is -3.55. The number of rotatable bonds is 7. The van der Waals surface area contributed by atoms with Crippen LogP contribution >= 0.6 is 11.8 Å². The average Bonchev–Trinajstić information content (AvgIpc) is 2.95. The van der Waals surface area contributed by atoms with Gasteiger partial charge in [-0.3, -0.25) is 4.79 Å². The van der Waals surface area contributed by atoms with Crippen LogP contribution in [0.3, 0.4) is 0 Å². The highest BCUT2D eigenvalue weighted by Gasteiger charge is 2.18. The van der Waals surface area contributed by atoms with Gasteiger partial charge in [-0.05, 0) is 25.2 Å². The van der Waals surface area contributed by atoms with Gasteiger partial charge in [0.05, 0.1) is 0 Å². The fourth-order valence-electron chi connectivity index (χ4n) is 1.97. The Balaban J connectivity index is 1.91. The van der Waals surface area contributed by atoms with E-state index in [0.717, 1.165) is 10.6 Å². The van der Waals surface area contributed by atoms with Gasteiger partial charge in [0.2, 0.25) is 10.0 Å². The number of aryl methyl sites for hydroxylation is 1. The first-order chi connectivity index (χ1) is 10.9. The Morgan fingerprint density at radius 2 is 1.96 bits per heavy atom. The first-order valence-corrected chi connectivity index (χ1v) is 9.47. The molecule has 2 rings (SSSR count). The third-order valence-corrected chi connectivity index (χ3v) is 5.59. The van der Waals surface area contributed by atoms with Crippen molar-refractivity contribution in [1.82, 2.24) is 14.6 Å². The molecule has 0 aliphatic rings. The molecule has 8 heteroatoms. The lowest BCUT2D eigenvalue weighted by Crippen LogP contribution is -2.27. The van der Waals surface area contributed by atoms with E-state index in [-0.39, 0.29) is 10.8 Å². The molecule has 0 saturated heterocycles. The fourth-order valence-corrected chi connectivity index (χ4v) is 3.55. The van der Waals surface area contributed by atoms with Crippen LogP contribution in [0.5, 0.6) is 0 Å². The zero-order valence-electron chi connectivity index (χ0n) is 12.9. The van der Waals surface area contributed by atoms with Crippen LogP contribution < -0.4 is 10.0 Å². The Morgan fingerprint density at radius 1 is 1.26 bits per heavy atom. The summed E-state index contributed by atoms with van der Waals surface area (Å²) in [6.07, 6.45) is 1.42. The summed E-state index contributed by atoms with van der Waals surface area (Å²) in [5.41, 5.74) is 0.309. The van der Waals surface area contributed by atoms with Crippen molar-refractivity contribution in [3.8, 4) is 0 Å². The molecule has 2 aromatic rings. The number of amides is 1. The molecule has 0 bridgehead atoms. The summed E-state index contributed by atoms with van der Waals surface area (Å²) >= 11 is 1.65. The molecule has 2 N–H and O–H groups in total. The molecular formula is C15H19N3O3S2. The molecule has 1 amide bonds. The van der Waals surface area contributed by atoms with Crippen LogP contribution in [0.1, 0.15) is 10.5 Å². The quantitative estimate of drug-likeness (QED) is 0.583. The molecule has 0 aliphatic heterocycles. The van der Waals surface area contributed by atoms with Crippen molar-refractivity contribution >= 4 is 27.7 Å². The number of hydrogen-bond donors (Lipinski definition) is 2. The van der Waals surface area contributed by atoms with Crippen molar-refractivity contribution in [3.05, 3.63) is 48.3 Å². The zero-order chi connectivity index (χ0) is 16.9. The number of nitrogens with one attached hydrogen (secondary N) is 2. The van der Waals surface area contributed by atoms with Gasteiger partial charge in [-0.25, -0.2) is 13.1 Å². The van der Waals surface area contributed by atoms with Crippen molar-refractivity contribution in [2.75, 3.05) is 19.3 Å². The Morgan fingerprint density at radius 3 is 2.61 bits per heavy atom. The summed E-state index contributed by atoms with van der Waals surface area (Å²) < 4.78 is 27.2. The molecule has 0 atom stereocenters. The SMILES string of the molecule is CNS(=O)(=O)c1cc(C(=O)NCCSc2ccccc2)n(C)c1. The minimum absolute atomic E-state index is 0.0753. The Hall–Kier alpha value is -1.77. The van der Waals surface area contributed by atoms with Gasteiger partial charge in [0.1, 0.15) is 10.6 Å². The summed E-state index contributed by atoms with van der Waals surface area (Å²) in [5, 5.41) is 2.80. The van der Waals surface area contributed by atoms with Crippen LogP contribution in [0, 0.1) is 0 Å². The Labute approximate surface area is 140 Å². The molecule has 6 nitrogen and oxygen atoms in total. The monoisotopic (exact) mass is 353 g/mol. The van der Waals surface area contributed by atoms with Crippen LogP contribution in [-0.4, -0.2) is 38.2 Å². The highest BCUT2D eigenvalue weighted by molar-refractivity contribution is 7.99. The summed E-state index contributed by atoms with van der Waals surface area (Å²) in [6, 6.07) is 11.3. The van der Waals surface area contributed by atoms with Crippen LogP contribution in [0.25, 0.3) is 0 Å². The minimum Gasteiger partial charge on any atom is -0.350 e. The number of thioether (sulfide) groups is 1. The predicted octanol–water partition coefficient (Wildman–Crippen LogP) is 1.46. The smallest absolute Gasteiger partial charge is 0.267 e. The molecule has 23 heavy (non-hydrogen) atoms. The Bertz CT molecular complexity index is 771. The average molecular weight is 353 g/mol. The second-order valence-electron chi connectivity index (χ2n) is 4.80. The van der Waals surface area contributed by atoms with Crippen LogP contribution in [0.15, 0.2) is 52.4 Å². The third kappa shape index (κ3) is 4.60. The maximum atomic E-state index is 12.1. The number of carbonyl (C=O) groups is 1. The van der Waals surface area contributed by atoms with Gasteiger partial charge >= 0.3 is 0 Å². The van der Waals surface area contributed by atoms with E-state index >= 15 is 0 Å². The largest absolute Gasteiger partial charge is 0.350 e. The lowest BCUT2D eigenvalue weighted by molar-refractivity contribution is 0.0948. The fraction of sp³-hybridized carbons (Fsp3) is 0.267. The number of carbonyl (C=O) groups excluding carboxylic acids is 1. The van der Waals surface area contributed by atoms with Gasteiger partial charge in [0.15, 0.2) is 0 Å². The van der Waals surface area contributed by atoms with Crippen LogP contribution in [0.4, 0.5) is 0 Å². The van der Waals surface area contributed by atoms with Gasteiger partial charge < -0.3 is 9.88 Å². The van der Waals surface area contributed by atoms with Crippen molar-refractivity contribution < 1.29 is 13.2 Å². The number of sulfonamides is 1. The molecule has 0 saturated carbocycles. The van der Waals surface area contributed by atoms with Gasteiger partial charge in [-0.15, -0.1) is 11.8 Å². The number of hydrogen-bond acceptors (Lipinski definition) is 4. The molecule has 124 valence electrons. The highest BCUT2D eigenvalue weighted by Crippen LogP contribution is 2.16. The van der Waals surface area contributed by atoms with Gasteiger partial charge in [0, 0.05) is 30.4 Å². The maximum absolute atomic E-state index is 12.1. The van der Waals surface area contributed by atoms with E-state index in [1.807, 2.05) is 30.3 Å².